The molecule has 3 rings (SSSR count). The second-order valence-corrected chi connectivity index (χ2v) is 7.37. The van der Waals surface area contributed by atoms with E-state index in [4.69, 9.17) is 4.74 Å². The van der Waals surface area contributed by atoms with Gasteiger partial charge in [-0.15, -0.1) is 0 Å². The summed E-state index contributed by atoms with van der Waals surface area (Å²) in [7, 11) is 3.71. The number of fused-ring (bicyclic) bond motifs is 1. The van der Waals surface area contributed by atoms with E-state index in [9.17, 15) is 4.79 Å². The fraction of sp³-hybridized carbons (Fsp3) is 0.778. The van der Waals surface area contributed by atoms with Crippen LogP contribution in [0, 0.1) is 25.7 Å². The largest absolute Gasteiger partial charge is 0.379 e. The number of aryl methyl sites for hydroxylation is 2. The molecule has 2 aliphatic rings. The highest BCUT2D eigenvalue weighted by molar-refractivity contribution is 5.76. The number of aromatic nitrogens is 2. The normalized spacial score (nSPS) is 29.5. The lowest BCUT2D eigenvalue weighted by molar-refractivity contribution is -0.123. The molecule has 1 aromatic rings. The van der Waals surface area contributed by atoms with Crippen LogP contribution in [0.2, 0.25) is 0 Å². The molecule has 1 aromatic heterocycles. The average molecular weight is 334 g/mol. The lowest BCUT2D eigenvalue weighted by Gasteiger charge is -2.37. The number of hydrogen-bond acceptors (Lipinski definition) is 4. The fourth-order valence-corrected chi connectivity index (χ4v) is 4.39. The maximum atomic E-state index is 12.5. The Balaban J connectivity index is 1.55. The zero-order valence-electron chi connectivity index (χ0n) is 15.3. The molecule has 0 unspecified atom stereocenters. The monoisotopic (exact) mass is 334 g/mol. The number of rotatable bonds is 5. The molecule has 1 saturated heterocycles. The van der Waals surface area contributed by atoms with Gasteiger partial charge in [0.25, 0.3) is 0 Å². The molecule has 6 nitrogen and oxygen atoms in total. The van der Waals surface area contributed by atoms with E-state index in [2.05, 4.69) is 22.7 Å². The Kier molecular flexibility index (Phi) is 5.25. The summed E-state index contributed by atoms with van der Waals surface area (Å²) in [6.07, 6.45) is 3.45. The third-order valence-electron chi connectivity index (χ3n) is 5.93. The van der Waals surface area contributed by atoms with Gasteiger partial charge >= 0.3 is 0 Å². The van der Waals surface area contributed by atoms with Crippen molar-refractivity contribution in [1.82, 2.24) is 20.4 Å². The first-order valence-electron chi connectivity index (χ1n) is 9.01. The standard InChI is InChI=1S/C18H30N4O2/c1-11-15(12(2)22(3)21-11)5-6-18(23)20-16-7-13-9-19-10-14(13)8-17(16)24-4/h13-14,16-17,19H,5-10H2,1-4H3,(H,20,23)/t13-,14+,16-,17-/m0/s1. The van der Waals surface area contributed by atoms with E-state index < -0.39 is 0 Å². The van der Waals surface area contributed by atoms with Crippen molar-refractivity contribution in [2.24, 2.45) is 18.9 Å². The summed E-state index contributed by atoms with van der Waals surface area (Å²) in [5.74, 6) is 1.49. The zero-order valence-corrected chi connectivity index (χ0v) is 15.3. The topological polar surface area (TPSA) is 68.2 Å². The minimum absolute atomic E-state index is 0.120. The number of hydrogen-bond donors (Lipinski definition) is 2. The van der Waals surface area contributed by atoms with Gasteiger partial charge in [0.1, 0.15) is 0 Å². The van der Waals surface area contributed by atoms with E-state index in [1.54, 1.807) is 7.11 Å². The van der Waals surface area contributed by atoms with Crippen molar-refractivity contribution in [1.29, 1.82) is 0 Å². The summed E-state index contributed by atoms with van der Waals surface area (Å²) in [5, 5.41) is 11.1. The summed E-state index contributed by atoms with van der Waals surface area (Å²) in [5.41, 5.74) is 3.36. The van der Waals surface area contributed by atoms with Gasteiger partial charge in [-0.05, 0) is 63.6 Å². The van der Waals surface area contributed by atoms with Gasteiger partial charge in [0.15, 0.2) is 0 Å². The van der Waals surface area contributed by atoms with Crippen LogP contribution < -0.4 is 10.6 Å². The van der Waals surface area contributed by atoms with E-state index in [0.29, 0.717) is 18.3 Å². The first-order valence-corrected chi connectivity index (χ1v) is 9.01. The minimum Gasteiger partial charge on any atom is -0.379 e. The average Bonchev–Trinajstić information content (AvgIpc) is 3.09. The molecule has 2 heterocycles. The zero-order chi connectivity index (χ0) is 17.3. The molecular formula is C18H30N4O2. The Morgan fingerprint density at radius 1 is 1.33 bits per heavy atom. The number of amides is 1. The summed E-state index contributed by atoms with van der Waals surface area (Å²) < 4.78 is 7.55. The molecule has 134 valence electrons. The highest BCUT2D eigenvalue weighted by Gasteiger charge is 2.40. The summed E-state index contributed by atoms with van der Waals surface area (Å²) in [6.45, 7) is 6.23. The van der Waals surface area contributed by atoms with E-state index in [0.717, 1.165) is 43.7 Å². The van der Waals surface area contributed by atoms with E-state index in [1.165, 1.54) is 5.56 Å². The van der Waals surface area contributed by atoms with Crippen LogP contribution in [-0.2, 0) is 23.0 Å². The molecule has 24 heavy (non-hydrogen) atoms. The van der Waals surface area contributed by atoms with Gasteiger partial charge in [-0.3, -0.25) is 9.48 Å². The molecule has 2 N–H and O–H groups in total. The fourth-order valence-electron chi connectivity index (χ4n) is 4.39. The van der Waals surface area contributed by atoms with Crippen molar-refractivity contribution in [3.05, 3.63) is 17.0 Å². The van der Waals surface area contributed by atoms with Crippen molar-refractivity contribution in [3.8, 4) is 0 Å². The first kappa shape index (κ1) is 17.4. The van der Waals surface area contributed by atoms with Crippen molar-refractivity contribution < 1.29 is 9.53 Å². The number of methoxy groups -OCH3 is 1. The summed E-state index contributed by atoms with van der Waals surface area (Å²) in [6, 6.07) is 0.139. The van der Waals surface area contributed by atoms with Crippen LogP contribution >= 0.6 is 0 Å². The molecule has 1 amide bonds. The van der Waals surface area contributed by atoms with Crippen LogP contribution in [0.5, 0.6) is 0 Å². The van der Waals surface area contributed by atoms with Crippen LogP contribution in [-0.4, -0.2) is 48.0 Å². The Morgan fingerprint density at radius 3 is 2.67 bits per heavy atom. The molecule has 4 atom stereocenters. The quantitative estimate of drug-likeness (QED) is 0.846. The predicted molar refractivity (Wildman–Crippen MR) is 92.8 cm³/mol. The number of carbonyl (C=O) groups is 1. The van der Waals surface area contributed by atoms with E-state index in [1.807, 2.05) is 18.7 Å². The number of nitrogens with one attached hydrogen (secondary N) is 2. The molecular weight excluding hydrogens is 304 g/mol. The lowest BCUT2D eigenvalue weighted by atomic mass is 9.77. The Labute approximate surface area is 144 Å². The van der Waals surface area contributed by atoms with Gasteiger partial charge in [0.2, 0.25) is 5.91 Å². The lowest BCUT2D eigenvalue weighted by Crippen LogP contribution is -2.50. The maximum Gasteiger partial charge on any atom is 0.220 e. The molecule has 1 saturated carbocycles. The Bertz CT molecular complexity index is 598. The highest BCUT2D eigenvalue weighted by Crippen LogP contribution is 2.34. The molecule has 0 bridgehead atoms. The molecule has 6 heteroatoms. The first-order chi connectivity index (χ1) is 11.5. The van der Waals surface area contributed by atoms with Gasteiger partial charge in [0.05, 0.1) is 17.8 Å². The second kappa shape index (κ2) is 7.23. The van der Waals surface area contributed by atoms with Crippen molar-refractivity contribution in [2.45, 2.75) is 51.7 Å². The van der Waals surface area contributed by atoms with Crippen LogP contribution in [0.1, 0.15) is 36.2 Å². The predicted octanol–water partition coefficient (Wildman–Crippen LogP) is 1.10. The van der Waals surface area contributed by atoms with Crippen LogP contribution in [0.3, 0.4) is 0 Å². The van der Waals surface area contributed by atoms with Crippen molar-refractivity contribution >= 4 is 5.91 Å². The van der Waals surface area contributed by atoms with Gasteiger partial charge in [0, 0.05) is 26.3 Å². The van der Waals surface area contributed by atoms with Gasteiger partial charge < -0.3 is 15.4 Å². The SMILES string of the molecule is CO[C@H]1C[C@@H]2CNC[C@@H]2C[C@@H]1NC(=O)CCc1c(C)nn(C)c1C. The third kappa shape index (κ3) is 3.49. The summed E-state index contributed by atoms with van der Waals surface area (Å²) in [4.78, 5) is 12.5. The molecule has 0 aromatic carbocycles. The Hall–Kier alpha value is -1.40. The van der Waals surface area contributed by atoms with Gasteiger partial charge in [-0.25, -0.2) is 0 Å². The molecule has 0 spiro atoms. The smallest absolute Gasteiger partial charge is 0.220 e. The second-order valence-electron chi connectivity index (χ2n) is 7.37. The third-order valence-corrected chi connectivity index (χ3v) is 5.93. The van der Waals surface area contributed by atoms with Crippen molar-refractivity contribution in [3.63, 3.8) is 0 Å². The molecule has 1 aliphatic heterocycles. The van der Waals surface area contributed by atoms with Gasteiger partial charge in [-0.2, -0.15) is 5.10 Å². The number of carbonyl (C=O) groups excluding carboxylic acids is 1. The molecule has 2 fully saturated rings. The number of ether oxygens (including phenoxy) is 1. The maximum absolute atomic E-state index is 12.5. The van der Waals surface area contributed by atoms with E-state index in [-0.39, 0.29) is 18.1 Å². The van der Waals surface area contributed by atoms with Crippen LogP contribution in [0.15, 0.2) is 0 Å². The van der Waals surface area contributed by atoms with Crippen molar-refractivity contribution in [2.75, 3.05) is 20.2 Å². The minimum atomic E-state index is 0.120. The van der Waals surface area contributed by atoms with Gasteiger partial charge in [-0.1, -0.05) is 0 Å². The molecule has 1 aliphatic carbocycles. The van der Waals surface area contributed by atoms with Crippen LogP contribution in [0.4, 0.5) is 0 Å². The summed E-state index contributed by atoms with van der Waals surface area (Å²) >= 11 is 0. The Morgan fingerprint density at radius 2 is 2.04 bits per heavy atom. The highest BCUT2D eigenvalue weighted by atomic mass is 16.5. The van der Waals surface area contributed by atoms with Crippen LogP contribution in [0.25, 0.3) is 0 Å². The number of nitrogens with zero attached hydrogens (tertiary/aromatic N) is 2. The molecule has 0 radical (unpaired) electrons. The van der Waals surface area contributed by atoms with E-state index >= 15 is 0 Å².